The Hall–Kier alpha value is -1.96. The van der Waals surface area contributed by atoms with Crippen molar-refractivity contribution < 1.29 is 18.7 Å². The van der Waals surface area contributed by atoms with Gasteiger partial charge in [-0.05, 0) is 42.3 Å². The number of hydrogen-bond donors (Lipinski definition) is 2. The van der Waals surface area contributed by atoms with Crippen LogP contribution in [0.3, 0.4) is 0 Å². The number of nitrogens with one attached hydrogen (secondary N) is 2. The van der Waals surface area contributed by atoms with Gasteiger partial charge in [-0.2, -0.15) is 0 Å². The van der Waals surface area contributed by atoms with Gasteiger partial charge in [0.05, 0.1) is 18.3 Å². The van der Waals surface area contributed by atoms with Crippen LogP contribution in [-0.2, 0) is 20.7 Å². The number of carbonyl (C=O) groups is 2. The van der Waals surface area contributed by atoms with Crippen LogP contribution in [0.15, 0.2) is 52.2 Å². The van der Waals surface area contributed by atoms with Crippen LogP contribution in [0.1, 0.15) is 12.0 Å². The molecule has 6 nitrogen and oxygen atoms in total. The van der Waals surface area contributed by atoms with Crippen LogP contribution in [-0.4, -0.2) is 43.9 Å². The van der Waals surface area contributed by atoms with Crippen LogP contribution in [0.2, 0.25) is 5.02 Å². The number of furan rings is 1. The molecule has 1 aromatic carbocycles. The van der Waals surface area contributed by atoms with Gasteiger partial charge in [-0.15, -0.1) is 11.8 Å². The summed E-state index contributed by atoms with van der Waals surface area (Å²) in [6.45, 7) is 1.06. The van der Waals surface area contributed by atoms with Gasteiger partial charge >= 0.3 is 0 Å². The van der Waals surface area contributed by atoms with Crippen LogP contribution >= 0.6 is 23.4 Å². The van der Waals surface area contributed by atoms with Crippen molar-refractivity contribution in [1.29, 1.82) is 0 Å². The van der Waals surface area contributed by atoms with Gasteiger partial charge in [0.1, 0.15) is 6.04 Å². The van der Waals surface area contributed by atoms with Gasteiger partial charge in [0, 0.05) is 36.6 Å². The van der Waals surface area contributed by atoms with Crippen molar-refractivity contribution in [3.05, 3.63) is 53.4 Å². The van der Waals surface area contributed by atoms with E-state index < -0.39 is 6.04 Å². The van der Waals surface area contributed by atoms with E-state index in [0.29, 0.717) is 31.0 Å². The second kappa shape index (κ2) is 11.7. The molecule has 8 heteroatoms. The van der Waals surface area contributed by atoms with Crippen molar-refractivity contribution in [2.24, 2.45) is 0 Å². The summed E-state index contributed by atoms with van der Waals surface area (Å²) < 4.78 is 10.0. The van der Waals surface area contributed by atoms with Crippen LogP contribution in [0.4, 0.5) is 0 Å². The number of carbonyl (C=O) groups excluding carboxylic acids is 2. The molecule has 0 aliphatic heterocycles. The molecule has 1 heterocycles. The molecular formula is C19H23ClN2O4S. The Balaban J connectivity index is 1.88. The predicted octanol–water partition coefficient (Wildman–Crippen LogP) is 2.91. The Morgan fingerprint density at radius 3 is 2.70 bits per heavy atom. The van der Waals surface area contributed by atoms with Gasteiger partial charge in [-0.3, -0.25) is 9.59 Å². The van der Waals surface area contributed by atoms with Gasteiger partial charge in [-0.25, -0.2) is 0 Å². The third kappa shape index (κ3) is 8.07. The quantitative estimate of drug-likeness (QED) is 0.439. The highest BCUT2D eigenvalue weighted by molar-refractivity contribution is 8.00. The zero-order valence-electron chi connectivity index (χ0n) is 15.1. The van der Waals surface area contributed by atoms with Crippen LogP contribution in [0, 0.1) is 0 Å². The summed E-state index contributed by atoms with van der Waals surface area (Å²) in [4.78, 5) is 25.7. The number of rotatable bonds is 11. The van der Waals surface area contributed by atoms with E-state index in [1.807, 2.05) is 12.1 Å². The first-order chi connectivity index (χ1) is 13.1. The summed E-state index contributed by atoms with van der Waals surface area (Å²) in [6.07, 6.45) is 4.19. The molecule has 0 saturated heterocycles. The average molecular weight is 411 g/mol. The maximum Gasteiger partial charge on any atom is 0.242 e. The lowest BCUT2D eigenvalue weighted by molar-refractivity contribution is -0.127. The second-order valence-corrected chi connectivity index (χ2v) is 7.32. The molecule has 0 saturated carbocycles. The first-order valence-corrected chi connectivity index (χ1v) is 9.90. The first-order valence-electron chi connectivity index (χ1n) is 8.54. The van der Waals surface area contributed by atoms with Gasteiger partial charge in [0.25, 0.3) is 0 Å². The lowest BCUT2D eigenvalue weighted by Gasteiger charge is -2.18. The molecule has 1 unspecified atom stereocenters. The molecule has 0 aliphatic carbocycles. The van der Waals surface area contributed by atoms with Crippen molar-refractivity contribution in [1.82, 2.24) is 10.6 Å². The van der Waals surface area contributed by atoms with E-state index in [9.17, 15) is 9.59 Å². The molecule has 27 heavy (non-hydrogen) atoms. The summed E-state index contributed by atoms with van der Waals surface area (Å²) in [5.41, 5.74) is 0.845. The normalized spacial score (nSPS) is 11.8. The molecule has 2 N–H and O–H groups in total. The van der Waals surface area contributed by atoms with Gasteiger partial charge in [0.15, 0.2) is 0 Å². The summed E-state index contributed by atoms with van der Waals surface area (Å²) in [5, 5.41) is 6.28. The molecular weight excluding hydrogens is 388 g/mol. The van der Waals surface area contributed by atoms with Crippen molar-refractivity contribution in [3.63, 3.8) is 0 Å². The van der Waals surface area contributed by atoms with E-state index in [0.717, 1.165) is 10.5 Å². The van der Waals surface area contributed by atoms with Crippen molar-refractivity contribution >= 4 is 35.2 Å². The van der Waals surface area contributed by atoms with E-state index >= 15 is 0 Å². The number of thioether (sulfide) groups is 1. The zero-order valence-corrected chi connectivity index (χ0v) is 16.6. The fourth-order valence-electron chi connectivity index (χ4n) is 2.32. The summed E-state index contributed by atoms with van der Waals surface area (Å²) >= 11 is 7.24. The maximum atomic E-state index is 12.5. The number of methoxy groups -OCH3 is 1. The Kier molecular flexibility index (Phi) is 9.24. The van der Waals surface area contributed by atoms with Gasteiger partial charge in [0.2, 0.25) is 11.8 Å². The number of ether oxygens (including phenoxy) is 1. The molecule has 2 aromatic rings. The molecule has 0 fully saturated rings. The third-order valence-electron chi connectivity index (χ3n) is 3.68. The molecule has 1 aromatic heterocycles. The number of amides is 2. The molecule has 146 valence electrons. The van der Waals surface area contributed by atoms with E-state index in [2.05, 4.69) is 10.6 Å². The van der Waals surface area contributed by atoms with Crippen molar-refractivity contribution in [2.45, 2.75) is 23.8 Å². The van der Waals surface area contributed by atoms with Gasteiger partial charge in [-0.1, -0.05) is 11.6 Å². The van der Waals surface area contributed by atoms with E-state index in [1.54, 1.807) is 37.8 Å². The van der Waals surface area contributed by atoms with Crippen LogP contribution in [0.5, 0.6) is 0 Å². The molecule has 2 amide bonds. The van der Waals surface area contributed by atoms with E-state index in [1.165, 1.54) is 11.8 Å². The monoisotopic (exact) mass is 410 g/mol. The minimum Gasteiger partial charge on any atom is -0.472 e. The summed E-state index contributed by atoms with van der Waals surface area (Å²) in [7, 11) is 1.61. The molecule has 0 aliphatic rings. The minimum absolute atomic E-state index is 0.209. The predicted molar refractivity (Wildman–Crippen MR) is 106 cm³/mol. The standard InChI is InChI=1S/C19H23ClN2O4S/c1-25-9-2-8-21-19(24)17(11-14-7-10-26-12-14)22-18(23)13-27-16-5-3-15(20)4-6-16/h3-7,10,12,17H,2,8-9,11,13H2,1H3,(H,21,24)(H,22,23). The van der Waals surface area contributed by atoms with E-state index in [4.69, 9.17) is 20.8 Å². The molecule has 0 radical (unpaired) electrons. The maximum absolute atomic E-state index is 12.5. The second-order valence-electron chi connectivity index (χ2n) is 5.84. The fourth-order valence-corrected chi connectivity index (χ4v) is 3.16. The Morgan fingerprint density at radius 1 is 1.26 bits per heavy atom. The minimum atomic E-state index is -0.663. The SMILES string of the molecule is COCCCNC(=O)C(Cc1ccoc1)NC(=O)CSc1ccc(Cl)cc1. The first kappa shape index (κ1) is 21.3. The van der Waals surface area contributed by atoms with E-state index in [-0.39, 0.29) is 17.6 Å². The number of halogens is 1. The third-order valence-corrected chi connectivity index (χ3v) is 4.94. The Morgan fingerprint density at radius 2 is 2.04 bits per heavy atom. The smallest absolute Gasteiger partial charge is 0.242 e. The zero-order chi connectivity index (χ0) is 19.5. The lowest BCUT2D eigenvalue weighted by atomic mass is 10.1. The molecule has 0 spiro atoms. The van der Waals surface area contributed by atoms with Crippen molar-refractivity contribution in [2.75, 3.05) is 26.0 Å². The van der Waals surface area contributed by atoms with Crippen LogP contribution in [0.25, 0.3) is 0 Å². The topological polar surface area (TPSA) is 80.6 Å². The molecule has 2 rings (SSSR count). The highest BCUT2D eigenvalue weighted by atomic mass is 35.5. The van der Waals surface area contributed by atoms with Crippen molar-refractivity contribution in [3.8, 4) is 0 Å². The highest BCUT2D eigenvalue weighted by Gasteiger charge is 2.21. The number of hydrogen-bond acceptors (Lipinski definition) is 5. The number of benzene rings is 1. The van der Waals surface area contributed by atoms with Crippen LogP contribution < -0.4 is 10.6 Å². The lowest BCUT2D eigenvalue weighted by Crippen LogP contribution is -2.48. The molecule has 1 atom stereocenters. The Bertz CT molecular complexity index is 707. The fraction of sp³-hybridized carbons (Fsp3) is 0.368. The average Bonchev–Trinajstić information content (AvgIpc) is 3.17. The highest BCUT2D eigenvalue weighted by Crippen LogP contribution is 2.20. The molecule has 0 bridgehead atoms. The van der Waals surface area contributed by atoms with Gasteiger partial charge < -0.3 is 19.8 Å². The largest absolute Gasteiger partial charge is 0.472 e. The Labute approximate surface area is 168 Å². The summed E-state index contributed by atoms with van der Waals surface area (Å²) in [6, 6.07) is 8.37. The summed E-state index contributed by atoms with van der Waals surface area (Å²) in [5.74, 6) is -0.229.